The number of ether oxygens (including phenoxy) is 1. The van der Waals surface area contributed by atoms with Crippen LogP contribution in [0.1, 0.15) is 183 Å². The summed E-state index contributed by atoms with van der Waals surface area (Å²) in [6.07, 6.45) is 33.8. The molecule has 0 heterocycles. The van der Waals surface area contributed by atoms with E-state index >= 15 is 0 Å². The predicted molar refractivity (Wildman–Crippen MR) is 167 cm³/mol. The summed E-state index contributed by atoms with van der Waals surface area (Å²) < 4.78 is 15.3. The van der Waals surface area contributed by atoms with E-state index in [0.29, 0.717) is 0 Å². The molecule has 0 aliphatic carbocycles. The van der Waals surface area contributed by atoms with Crippen molar-refractivity contribution in [1.29, 1.82) is 0 Å². The molecule has 0 rings (SSSR count). The monoisotopic (exact) mass is 604 g/mol. The summed E-state index contributed by atoms with van der Waals surface area (Å²) in [5, 5.41) is 0. The van der Waals surface area contributed by atoms with Gasteiger partial charge >= 0.3 is 59.2 Å². The van der Waals surface area contributed by atoms with Crippen molar-refractivity contribution >= 4 is 7.82 Å². The van der Waals surface area contributed by atoms with E-state index in [4.69, 9.17) is 24.0 Å². The van der Waals surface area contributed by atoms with E-state index in [0.717, 1.165) is 25.0 Å². The maximum absolute atomic E-state index is 8.88. The summed E-state index contributed by atoms with van der Waals surface area (Å²) in [5.74, 6) is 1.62. The standard InChI is InChI=1S/C32H66O.K.H3O4P.H/c1-5-9-13-17-19-23-27-31(25-21-15-11-7-3)29-33-30-32(26-22-16-12-8-4)28-24-20-18-14-10-6-2;;1-5(2,3)4;/h31-32H,5-30H2,1-4H3;;(H3,1,2,3,4);/q;+1;;-1. The van der Waals surface area contributed by atoms with Crippen LogP contribution in [0.2, 0.25) is 0 Å². The number of hydrogen-bond donors (Lipinski definition) is 3. The molecule has 7 heteroatoms. The largest absolute Gasteiger partial charge is 1.00 e. The van der Waals surface area contributed by atoms with Gasteiger partial charge in [-0.05, 0) is 37.5 Å². The summed E-state index contributed by atoms with van der Waals surface area (Å²) in [6.45, 7) is 11.3. The third kappa shape index (κ3) is 44.3. The molecule has 0 bridgehead atoms. The molecule has 0 saturated carbocycles. The summed E-state index contributed by atoms with van der Waals surface area (Å²) in [4.78, 5) is 21.6. The van der Waals surface area contributed by atoms with Gasteiger partial charge in [0.15, 0.2) is 0 Å². The minimum Gasteiger partial charge on any atom is -1.00 e. The average molecular weight is 605 g/mol. The first-order valence-electron chi connectivity index (χ1n) is 16.6. The van der Waals surface area contributed by atoms with Crippen molar-refractivity contribution in [3.8, 4) is 0 Å². The molecule has 3 N–H and O–H groups in total. The summed E-state index contributed by atoms with van der Waals surface area (Å²) in [6, 6.07) is 0. The second kappa shape index (κ2) is 35.9. The normalized spacial score (nSPS) is 12.9. The molecule has 5 nitrogen and oxygen atoms in total. The molecule has 0 radical (unpaired) electrons. The van der Waals surface area contributed by atoms with Crippen LogP contribution in [-0.4, -0.2) is 27.9 Å². The minimum atomic E-state index is -4.64. The Labute approximate surface area is 289 Å². The van der Waals surface area contributed by atoms with Crippen molar-refractivity contribution in [2.75, 3.05) is 13.2 Å². The molecule has 0 spiro atoms. The molecule has 0 amide bonds. The fraction of sp³-hybridized carbons (Fsp3) is 1.00. The number of phosphoric acid groups is 1. The van der Waals surface area contributed by atoms with Gasteiger partial charge < -0.3 is 20.8 Å². The average Bonchev–Trinajstić information content (AvgIpc) is 2.86. The third-order valence-corrected chi connectivity index (χ3v) is 7.57. The Morgan fingerprint density at radius 3 is 0.949 bits per heavy atom. The Morgan fingerprint density at radius 2 is 0.692 bits per heavy atom. The molecule has 0 aromatic carbocycles. The van der Waals surface area contributed by atoms with Crippen LogP contribution in [0.3, 0.4) is 0 Å². The van der Waals surface area contributed by atoms with Crippen molar-refractivity contribution < 1.29 is 76.8 Å². The Balaban J connectivity index is -0.000000843. The van der Waals surface area contributed by atoms with E-state index in [1.807, 2.05) is 0 Å². The molecule has 39 heavy (non-hydrogen) atoms. The van der Waals surface area contributed by atoms with Crippen molar-refractivity contribution in [3.63, 3.8) is 0 Å². The number of rotatable bonds is 28. The maximum Gasteiger partial charge on any atom is 1.00 e. The van der Waals surface area contributed by atoms with Crippen molar-refractivity contribution in [1.82, 2.24) is 0 Å². The van der Waals surface area contributed by atoms with E-state index in [-0.39, 0.29) is 52.8 Å². The third-order valence-electron chi connectivity index (χ3n) is 7.57. The Bertz CT molecular complexity index is 456. The zero-order valence-corrected chi connectivity index (χ0v) is 31.2. The van der Waals surface area contributed by atoms with E-state index in [1.165, 1.54) is 154 Å². The van der Waals surface area contributed by atoms with Crippen LogP contribution in [0.4, 0.5) is 0 Å². The second-order valence-corrected chi connectivity index (χ2v) is 12.6. The van der Waals surface area contributed by atoms with Crippen LogP contribution >= 0.6 is 7.82 Å². The van der Waals surface area contributed by atoms with E-state index < -0.39 is 7.82 Å². The van der Waals surface area contributed by atoms with E-state index in [9.17, 15) is 0 Å². The Kier molecular flexibility index (Phi) is 41.6. The molecular weight excluding hydrogens is 534 g/mol. The van der Waals surface area contributed by atoms with Gasteiger partial charge in [0.25, 0.3) is 0 Å². The first-order chi connectivity index (χ1) is 18.3. The predicted octanol–water partition coefficient (Wildman–Crippen LogP) is 7.87. The summed E-state index contributed by atoms with van der Waals surface area (Å²) in [7, 11) is -4.64. The zero-order valence-electron chi connectivity index (χ0n) is 28.1. The van der Waals surface area contributed by atoms with Gasteiger partial charge in [0.2, 0.25) is 0 Å². The molecule has 2 atom stereocenters. The minimum absolute atomic E-state index is 0. The van der Waals surface area contributed by atoms with E-state index in [1.54, 1.807) is 0 Å². The quantitative estimate of drug-likeness (QED) is 0.0481. The molecular formula is C32H70KO5P. The molecule has 0 aromatic heterocycles. The van der Waals surface area contributed by atoms with Crippen LogP contribution in [-0.2, 0) is 9.30 Å². The van der Waals surface area contributed by atoms with Gasteiger partial charge in [0.05, 0.1) is 0 Å². The summed E-state index contributed by atoms with van der Waals surface area (Å²) in [5.41, 5.74) is 0. The van der Waals surface area contributed by atoms with Crippen LogP contribution < -0.4 is 51.4 Å². The van der Waals surface area contributed by atoms with Gasteiger partial charge in [0, 0.05) is 13.2 Å². The van der Waals surface area contributed by atoms with Crippen molar-refractivity contribution in [3.05, 3.63) is 0 Å². The molecule has 0 saturated heterocycles. The number of unbranched alkanes of at least 4 members (excludes halogenated alkanes) is 16. The van der Waals surface area contributed by atoms with Gasteiger partial charge in [-0.25, -0.2) is 4.57 Å². The Morgan fingerprint density at radius 1 is 0.487 bits per heavy atom. The topological polar surface area (TPSA) is 87.0 Å². The molecule has 234 valence electrons. The molecule has 0 aliphatic heterocycles. The fourth-order valence-electron chi connectivity index (χ4n) is 5.17. The van der Waals surface area contributed by atoms with Crippen LogP contribution in [0.5, 0.6) is 0 Å². The Hall–Kier alpha value is 1.71. The first-order valence-corrected chi connectivity index (χ1v) is 18.2. The smallest absolute Gasteiger partial charge is 1.00 e. The molecule has 0 fully saturated rings. The molecule has 0 aliphatic rings. The fourth-order valence-corrected chi connectivity index (χ4v) is 5.17. The van der Waals surface area contributed by atoms with E-state index in [2.05, 4.69) is 27.7 Å². The van der Waals surface area contributed by atoms with Gasteiger partial charge in [0.1, 0.15) is 0 Å². The second-order valence-electron chi connectivity index (χ2n) is 11.6. The van der Waals surface area contributed by atoms with Gasteiger partial charge in [-0.15, -0.1) is 0 Å². The van der Waals surface area contributed by atoms with Crippen LogP contribution in [0, 0.1) is 11.8 Å². The van der Waals surface area contributed by atoms with Crippen LogP contribution in [0.15, 0.2) is 0 Å². The van der Waals surface area contributed by atoms with Gasteiger partial charge in [-0.3, -0.25) is 0 Å². The SMILES string of the molecule is CCCCCCCCC(CCCCCC)COCC(CCCCCC)CCCCCCCC.O=P(O)(O)O.[H-].[K+]. The van der Waals surface area contributed by atoms with Crippen molar-refractivity contribution in [2.24, 2.45) is 11.8 Å². The van der Waals surface area contributed by atoms with Crippen molar-refractivity contribution in [2.45, 2.75) is 182 Å². The zero-order chi connectivity index (χ0) is 28.7. The molecule has 2 unspecified atom stereocenters. The van der Waals surface area contributed by atoms with Gasteiger partial charge in [-0.1, -0.05) is 156 Å². The maximum atomic E-state index is 8.88. The summed E-state index contributed by atoms with van der Waals surface area (Å²) >= 11 is 0. The molecule has 0 aromatic rings. The van der Waals surface area contributed by atoms with Gasteiger partial charge in [-0.2, -0.15) is 0 Å². The first kappa shape index (κ1) is 45.1. The van der Waals surface area contributed by atoms with Crippen LogP contribution in [0.25, 0.3) is 0 Å². The number of hydrogen-bond acceptors (Lipinski definition) is 2.